The maximum absolute atomic E-state index is 13.7. The number of hydrogen-bond donors (Lipinski definition) is 0. The molecule has 3 atom stereocenters. The Morgan fingerprint density at radius 2 is 1.87 bits per heavy atom. The van der Waals surface area contributed by atoms with E-state index in [0.29, 0.717) is 17.0 Å². The van der Waals surface area contributed by atoms with Crippen LogP contribution < -0.4 is 4.74 Å². The van der Waals surface area contributed by atoms with Gasteiger partial charge in [-0.15, -0.1) is 11.8 Å². The molecule has 2 fully saturated rings. The first-order valence-corrected chi connectivity index (χ1v) is 9.82. The van der Waals surface area contributed by atoms with Gasteiger partial charge < -0.3 is 4.74 Å². The summed E-state index contributed by atoms with van der Waals surface area (Å²) in [5.41, 5.74) is 0.507. The second-order valence-corrected chi connectivity index (χ2v) is 8.93. The van der Waals surface area contributed by atoms with E-state index in [1.165, 1.54) is 25.7 Å². The largest absolute Gasteiger partial charge is 0.485 e. The van der Waals surface area contributed by atoms with E-state index < -0.39 is 0 Å². The minimum Gasteiger partial charge on any atom is -0.485 e. The molecule has 1 aromatic rings. The molecule has 1 saturated carbocycles. The van der Waals surface area contributed by atoms with Crippen LogP contribution in [0.2, 0.25) is 0 Å². The normalized spacial score (nSPS) is 37.0. The smallest absolute Gasteiger partial charge is 0.187 e. The van der Waals surface area contributed by atoms with Gasteiger partial charge in [0.1, 0.15) is 16.1 Å². The van der Waals surface area contributed by atoms with Gasteiger partial charge in [0.2, 0.25) is 0 Å². The van der Waals surface area contributed by atoms with Crippen LogP contribution in [0.3, 0.4) is 0 Å². The number of allylic oxidation sites excluding steroid dienone is 1. The second kappa shape index (κ2) is 4.89. The second-order valence-electron chi connectivity index (χ2n) is 7.44. The number of para-hydroxylation sites is 1. The molecule has 2 spiro atoms. The monoisotopic (exact) mass is 326 g/mol. The molecule has 0 radical (unpaired) electrons. The molecule has 3 unspecified atom stereocenters. The van der Waals surface area contributed by atoms with Gasteiger partial charge >= 0.3 is 0 Å². The minimum absolute atomic E-state index is 0.296. The Balaban J connectivity index is 1.73. The van der Waals surface area contributed by atoms with E-state index in [2.05, 4.69) is 12.2 Å². The molecule has 23 heavy (non-hydrogen) atoms. The summed E-state index contributed by atoms with van der Waals surface area (Å²) in [6.07, 6.45) is 12.7. The highest BCUT2D eigenvalue weighted by Gasteiger charge is 2.67. The minimum atomic E-state index is -0.389. The van der Waals surface area contributed by atoms with E-state index in [9.17, 15) is 4.79 Å². The fourth-order valence-corrected chi connectivity index (χ4v) is 7.21. The summed E-state index contributed by atoms with van der Waals surface area (Å²) in [5, 5.41) is 0.483. The fourth-order valence-electron chi connectivity index (χ4n) is 5.26. The van der Waals surface area contributed by atoms with Gasteiger partial charge in [0, 0.05) is 11.2 Å². The molecule has 1 aromatic carbocycles. The first kappa shape index (κ1) is 14.2. The number of fused-ring (bicyclic) bond motifs is 2. The molecule has 5 aliphatic rings. The molecule has 0 amide bonds. The highest BCUT2D eigenvalue weighted by Crippen LogP contribution is 2.62. The molecule has 2 aliphatic carbocycles. The fraction of sp³-hybridized carbons (Fsp3) is 0.550. The zero-order chi connectivity index (χ0) is 15.5. The topological polar surface area (TPSA) is 26.3 Å². The van der Waals surface area contributed by atoms with Crippen molar-refractivity contribution in [1.82, 2.24) is 0 Å². The third-order valence-corrected chi connectivity index (χ3v) is 8.22. The lowest BCUT2D eigenvalue weighted by Gasteiger charge is -2.59. The van der Waals surface area contributed by atoms with E-state index in [1.54, 1.807) is 0 Å². The highest BCUT2D eigenvalue weighted by atomic mass is 32.2. The van der Waals surface area contributed by atoms with Gasteiger partial charge in [0.25, 0.3) is 0 Å². The van der Waals surface area contributed by atoms with Gasteiger partial charge in [0.15, 0.2) is 5.78 Å². The van der Waals surface area contributed by atoms with Crippen molar-refractivity contribution in [2.75, 3.05) is 0 Å². The number of ketones is 1. The van der Waals surface area contributed by atoms with Crippen LogP contribution in [0.25, 0.3) is 0 Å². The van der Waals surface area contributed by atoms with Crippen molar-refractivity contribution in [3.8, 4) is 5.75 Å². The van der Waals surface area contributed by atoms with E-state index in [4.69, 9.17) is 4.74 Å². The molecule has 2 nitrogen and oxygen atoms in total. The van der Waals surface area contributed by atoms with Crippen molar-refractivity contribution in [2.45, 2.75) is 60.5 Å². The van der Waals surface area contributed by atoms with E-state index >= 15 is 0 Å². The lowest BCUT2D eigenvalue weighted by molar-refractivity contribution is -0.0264. The number of benzene rings is 1. The Kier molecular flexibility index (Phi) is 3.01. The van der Waals surface area contributed by atoms with Gasteiger partial charge in [-0.1, -0.05) is 30.7 Å². The predicted octanol–water partition coefficient (Wildman–Crippen LogP) is 4.79. The van der Waals surface area contributed by atoms with Crippen molar-refractivity contribution in [3.63, 3.8) is 0 Å². The molecule has 1 saturated heterocycles. The van der Waals surface area contributed by atoms with Crippen LogP contribution in [0.15, 0.2) is 36.4 Å². The molecule has 3 heterocycles. The average molecular weight is 326 g/mol. The molecular weight excluding hydrogens is 304 g/mol. The molecule has 6 rings (SSSR count). The lowest BCUT2D eigenvalue weighted by Crippen LogP contribution is -2.68. The van der Waals surface area contributed by atoms with Crippen molar-refractivity contribution >= 4 is 17.5 Å². The Bertz CT molecular complexity index is 689. The molecule has 2 bridgehead atoms. The summed E-state index contributed by atoms with van der Waals surface area (Å²) in [7, 11) is 0. The van der Waals surface area contributed by atoms with Gasteiger partial charge in [-0.05, 0) is 50.7 Å². The number of rotatable bonds is 0. The molecule has 3 heteroatoms. The summed E-state index contributed by atoms with van der Waals surface area (Å²) in [4.78, 5) is 13.7. The number of Topliss-reactive ketones (excluding diaryl/α,β-unsaturated/α-hetero) is 1. The number of ether oxygens (including phenoxy) is 1. The Morgan fingerprint density at radius 3 is 2.57 bits per heavy atom. The third-order valence-electron chi connectivity index (χ3n) is 6.29. The van der Waals surface area contributed by atoms with Gasteiger partial charge in [-0.3, -0.25) is 4.79 Å². The SMILES string of the molecule is O=C1c2ccccc2OC2(CCCCC2)C12SC1C=CC2CC1. The molecule has 0 N–H and O–H groups in total. The summed E-state index contributed by atoms with van der Waals surface area (Å²) in [5.74, 6) is 1.48. The average Bonchev–Trinajstić information content (AvgIpc) is 2.62. The number of thioether (sulfide) groups is 1. The summed E-state index contributed by atoms with van der Waals surface area (Å²) >= 11 is 1.92. The van der Waals surface area contributed by atoms with Crippen molar-refractivity contribution in [3.05, 3.63) is 42.0 Å². The Labute approximate surface area is 141 Å². The van der Waals surface area contributed by atoms with Crippen LogP contribution in [0.5, 0.6) is 5.75 Å². The van der Waals surface area contributed by atoms with Crippen molar-refractivity contribution in [1.29, 1.82) is 0 Å². The van der Waals surface area contributed by atoms with Crippen LogP contribution in [0.4, 0.5) is 0 Å². The van der Waals surface area contributed by atoms with Gasteiger partial charge in [-0.2, -0.15) is 0 Å². The third kappa shape index (κ3) is 1.75. The van der Waals surface area contributed by atoms with Crippen LogP contribution in [0, 0.1) is 5.92 Å². The first-order chi connectivity index (χ1) is 11.3. The highest BCUT2D eigenvalue weighted by molar-refractivity contribution is 8.02. The molecule has 120 valence electrons. The number of carbonyl (C=O) groups excluding carboxylic acids is 1. The van der Waals surface area contributed by atoms with Crippen molar-refractivity contribution < 1.29 is 9.53 Å². The Hall–Kier alpha value is -1.22. The predicted molar refractivity (Wildman–Crippen MR) is 93.2 cm³/mol. The maximum Gasteiger partial charge on any atom is 0.187 e. The van der Waals surface area contributed by atoms with Crippen molar-refractivity contribution in [2.24, 2.45) is 5.92 Å². The molecule has 0 aromatic heterocycles. The quantitative estimate of drug-likeness (QED) is 0.642. The van der Waals surface area contributed by atoms with E-state index in [0.717, 1.165) is 30.6 Å². The lowest BCUT2D eigenvalue weighted by atomic mass is 9.63. The molecule has 3 aliphatic heterocycles. The van der Waals surface area contributed by atoms with Crippen LogP contribution in [-0.2, 0) is 0 Å². The summed E-state index contributed by atoms with van der Waals surface area (Å²) in [6.45, 7) is 0. The van der Waals surface area contributed by atoms with Gasteiger partial charge in [0.05, 0.1) is 5.56 Å². The van der Waals surface area contributed by atoms with Gasteiger partial charge in [-0.25, -0.2) is 0 Å². The Morgan fingerprint density at radius 1 is 1.04 bits per heavy atom. The van der Waals surface area contributed by atoms with Crippen LogP contribution >= 0.6 is 11.8 Å². The standard InChI is InChI=1S/C20H22O2S/c21-18-16-6-2-3-7-17(16)22-19(12-4-1-5-13-19)20(18)14-8-10-15(23-20)11-9-14/h2-3,6-8,10,14-15H,1,4-5,9,11-13H2. The maximum atomic E-state index is 13.7. The van der Waals surface area contributed by atoms with Crippen LogP contribution in [-0.4, -0.2) is 21.4 Å². The van der Waals surface area contributed by atoms with E-state index in [-0.39, 0.29) is 10.3 Å². The summed E-state index contributed by atoms with van der Waals surface area (Å²) < 4.78 is 6.31. The first-order valence-electron chi connectivity index (χ1n) is 8.94. The van der Waals surface area contributed by atoms with E-state index in [1.807, 2.05) is 36.0 Å². The zero-order valence-corrected chi connectivity index (χ0v) is 14.1. The number of carbonyl (C=O) groups is 1. The zero-order valence-electron chi connectivity index (χ0n) is 13.3. The van der Waals surface area contributed by atoms with Crippen LogP contribution in [0.1, 0.15) is 55.3 Å². The summed E-state index contributed by atoms with van der Waals surface area (Å²) in [6, 6.07) is 7.90. The molecular formula is C20H22O2S. The number of hydrogen-bond acceptors (Lipinski definition) is 3.